The molecule has 1 amide bonds. The van der Waals surface area contributed by atoms with E-state index in [-0.39, 0.29) is 11.9 Å². The fraction of sp³-hybridized carbons (Fsp3) is 0.261. The van der Waals surface area contributed by atoms with Crippen molar-refractivity contribution >= 4 is 5.91 Å². The Kier molecular flexibility index (Phi) is 5.17. The molecule has 2 heterocycles. The Hall–Kier alpha value is -3.05. The number of amides is 1. The van der Waals surface area contributed by atoms with E-state index in [4.69, 9.17) is 4.74 Å². The largest absolute Gasteiger partial charge is 0.497 e. The summed E-state index contributed by atoms with van der Waals surface area (Å²) >= 11 is 0. The second kappa shape index (κ2) is 7.90. The monoisotopic (exact) mass is 375 g/mol. The highest BCUT2D eigenvalue weighted by molar-refractivity contribution is 5.94. The van der Waals surface area contributed by atoms with Crippen molar-refractivity contribution in [1.29, 1.82) is 0 Å². The summed E-state index contributed by atoms with van der Waals surface area (Å²) in [6.07, 6.45) is 3.99. The average Bonchev–Trinajstić information content (AvgIpc) is 3.29. The molecule has 0 spiro atoms. The number of aromatic nitrogens is 1. The van der Waals surface area contributed by atoms with Crippen molar-refractivity contribution in [2.24, 2.45) is 0 Å². The maximum absolute atomic E-state index is 13.1. The lowest BCUT2D eigenvalue weighted by molar-refractivity contribution is 0.0546. The predicted molar refractivity (Wildman–Crippen MR) is 110 cm³/mol. The number of nitrogens with zero attached hydrogens (tertiary/aromatic N) is 3. The Morgan fingerprint density at radius 3 is 2.46 bits per heavy atom. The van der Waals surface area contributed by atoms with Gasteiger partial charge >= 0.3 is 0 Å². The molecule has 3 aromatic rings. The Bertz CT molecular complexity index is 935. The van der Waals surface area contributed by atoms with Gasteiger partial charge in [-0.25, -0.2) is 0 Å². The van der Waals surface area contributed by atoms with Crippen LogP contribution in [0.15, 0.2) is 73.1 Å². The van der Waals surface area contributed by atoms with Crippen molar-refractivity contribution in [2.45, 2.75) is 6.04 Å². The van der Waals surface area contributed by atoms with Crippen LogP contribution in [0.1, 0.15) is 22.0 Å². The number of carbonyl (C=O) groups excluding carboxylic acids is 1. The third kappa shape index (κ3) is 3.66. The molecule has 1 saturated heterocycles. The predicted octanol–water partition coefficient (Wildman–Crippen LogP) is 3.61. The third-order valence-corrected chi connectivity index (χ3v) is 5.43. The SMILES string of the molecule is COc1cccc(C2CN(C(=O)c3ccc(-n4cccc4)cc3)CCN2C)c1. The number of piperazine rings is 1. The standard InChI is InChI=1S/C23H25N3O2/c1-24-14-15-26(17-22(24)19-6-5-7-21(16-19)28-2)23(27)18-8-10-20(11-9-18)25-12-3-4-13-25/h3-13,16,22H,14-15,17H2,1-2H3. The van der Waals surface area contributed by atoms with Gasteiger partial charge in [0, 0.05) is 43.3 Å². The molecular formula is C23H25N3O2. The lowest BCUT2D eigenvalue weighted by Gasteiger charge is -2.39. The molecule has 0 radical (unpaired) electrons. The number of likely N-dealkylation sites (N-methyl/N-ethyl adjacent to an activating group) is 1. The first kappa shape index (κ1) is 18.3. The van der Waals surface area contributed by atoms with Crippen LogP contribution in [-0.4, -0.2) is 54.1 Å². The topological polar surface area (TPSA) is 37.7 Å². The van der Waals surface area contributed by atoms with Crippen molar-refractivity contribution in [1.82, 2.24) is 14.4 Å². The first-order chi connectivity index (χ1) is 13.7. The maximum Gasteiger partial charge on any atom is 0.253 e. The molecule has 0 bridgehead atoms. The number of carbonyl (C=O) groups is 1. The van der Waals surface area contributed by atoms with Crippen LogP contribution in [0.2, 0.25) is 0 Å². The summed E-state index contributed by atoms with van der Waals surface area (Å²) in [5.74, 6) is 0.926. The van der Waals surface area contributed by atoms with Crippen LogP contribution in [-0.2, 0) is 0 Å². The number of hydrogen-bond acceptors (Lipinski definition) is 3. The van der Waals surface area contributed by atoms with E-state index in [0.717, 1.165) is 30.1 Å². The van der Waals surface area contributed by atoms with Crippen molar-refractivity contribution < 1.29 is 9.53 Å². The third-order valence-electron chi connectivity index (χ3n) is 5.43. The highest BCUT2D eigenvalue weighted by atomic mass is 16.5. The quantitative estimate of drug-likeness (QED) is 0.699. The van der Waals surface area contributed by atoms with Crippen molar-refractivity contribution in [3.63, 3.8) is 0 Å². The minimum Gasteiger partial charge on any atom is -0.497 e. The molecule has 144 valence electrons. The maximum atomic E-state index is 13.1. The zero-order valence-corrected chi connectivity index (χ0v) is 16.3. The smallest absolute Gasteiger partial charge is 0.253 e. The van der Waals surface area contributed by atoms with Gasteiger partial charge in [0.15, 0.2) is 0 Å². The van der Waals surface area contributed by atoms with Gasteiger partial charge in [-0.05, 0) is 61.1 Å². The van der Waals surface area contributed by atoms with E-state index < -0.39 is 0 Å². The zero-order valence-electron chi connectivity index (χ0n) is 16.3. The molecular weight excluding hydrogens is 350 g/mol. The molecule has 2 aromatic carbocycles. The summed E-state index contributed by atoms with van der Waals surface area (Å²) in [5.41, 5.74) is 2.95. The average molecular weight is 375 g/mol. The molecule has 4 rings (SSSR count). The zero-order chi connectivity index (χ0) is 19.5. The van der Waals surface area contributed by atoms with E-state index >= 15 is 0 Å². The van der Waals surface area contributed by atoms with E-state index in [1.54, 1.807) is 7.11 Å². The number of hydrogen-bond donors (Lipinski definition) is 0. The molecule has 0 saturated carbocycles. The molecule has 1 atom stereocenters. The fourth-order valence-corrected chi connectivity index (χ4v) is 3.73. The number of ether oxygens (including phenoxy) is 1. The summed E-state index contributed by atoms with van der Waals surface area (Å²) in [5, 5.41) is 0. The fourth-order valence-electron chi connectivity index (χ4n) is 3.73. The van der Waals surface area contributed by atoms with E-state index in [1.165, 1.54) is 5.56 Å². The molecule has 0 aliphatic carbocycles. The van der Waals surface area contributed by atoms with Crippen LogP contribution in [0.3, 0.4) is 0 Å². The number of rotatable bonds is 4. The summed E-state index contributed by atoms with van der Waals surface area (Å²) in [4.78, 5) is 17.3. The van der Waals surface area contributed by atoms with Crippen LogP contribution >= 0.6 is 0 Å². The van der Waals surface area contributed by atoms with Gasteiger partial charge in [0.1, 0.15) is 5.75 Å². The number of benzene rings is 2. The van der Waals surface area contributed by atoms with E-state index in [9.17, 15) is 4.79 Å². The molecule has 0 N–H and O–H groups in total. The Morgan fingerprint density at radius 1 is 1.00 bits per heavy atom. The van der Waals surface area contributed by atoms with Gasteiger partial charge in [-0.3, -0.25) is 9.69 Å². The molecule has 1 aromatic heterocycles. The van der Waals surface area contributed by atoms with Crippen LogP contribution in [0, 0.1) is 0 Å². The second-order valence-corrected chi connectivity index (χ2v) is 7.16. The minimum absolute atomic E-state index is 0.0834. The summed E-state index contributed by atoms with van der Waals surface area (Å²) in [6, 6.07) is 20.0. The Balaban J connectivity index is 1.51. The molecule has 1 fully saturated rings. The molecule has 1 unspecified atom stereocenters. The van der Waals surface area contributed by atoms with Crippen LogP contribution in [0.5, 0.6) is 5.75 Å². The molecule has 1 aliphatic heterocycles. The molecule has 1 aliphatic rings. The van der Waals surface area contributed by atoms with E-state index in [2.05, 4.69) is 24.1 Å². The lowest BCUT2D eigenvalue weighted by Crippen LogP contribution is -2.49. The normalized spacial score (nSPS) is 17.5. The summed E-state index contributed by atoms with van der Waals surface area (Å²) in [6.45, 7) is 2.24. The first-order valence-electron chi connectivity index (χ1n) is 9.52. The number of methoxy groups -OCH3 is 1. The lowest BCUT2D eigenvalue weighted by atomic mass is 10.0. The van der Waals surface area contributed by atoms with Crippen molar-refractivity contribution in [3.8, 4) is 11.4 Å². The van der Waals surface area contributed by atoms with Crippen molar-refractivity contribution in [2.75, 3.05) is 33.8 Å². The second-order valence-electron chi connectivity index (χ2n) is 7.16. The van der Waals surface area contributed by atoms with Crippen LogP contribution < -0.4 is 4.74 Å². The Morgan fingerprint density at radius 2 is 1.75 bits per heavy atom. The minimum atomic E-state index is 0.0834. The highest BCUT2D eigenvalue weighted by Gasteiger charge is 2.29. The first-order valence-corrected chi connectivity index (χ1v) is 9.52. The summed E-state index contributed by atoms with van der Waals surface area (Å²) < 4.78 is 7.40. The van der Waals surface area contributed by atoms with Gasteiger partial charge in [-0.2, -0.15) is 0 Å². The van der Waals surface area contributed by atoms with Gasteiger partial charge in [-0.1, -0.05) is 12.1 Å². The van der Waals surface area contributed by atoms with Gasteiger partial charge in [0.2, 0.25) is 0 Å². The van der Waals surface area contributed by atoms with Crippen LogP contribution in [0.25, 0.3) is 5.69 Å². The van der Waals surface area contributed by atoms with Crippen LogP contribution in [0.4, 0.5) is 0 Å². The van der Waals surface area contributed by atoms with E-state index in [0.29, 0.717) is 6.54 Å². The van der Waals surface area contributed by atoms with Gasteiger partial charge in [0.05, 0.1) is 13.2 Å². The molecule has 5 nitrogen and oxygen atoms in total. The Labute approximate surface area is 165 Å². The summed E-state index contributed by atoms with van der Waals surface area (Å²) in [7, 11) is 3.79. The molecule has 5 heteroatoms. The molecule has 28 heavy (non-hydrogen) atoms. The van der Waals surface area contributed by atoms with Gasteiger partial charge in [-0.15, -0.1) is 0 Å². The van der Waals surface area contributed by atoms with E-state index in [1.807, 2.05) is 70.4 Å². The van der Waals surface area contributed by atoms with Crippen molar-refractivity contribution in [3.05, 3.63) is 84.2 Å². The highest BCUT2D eigenvalue weighted by Crippen LogP contribution is 2.27. The van der Waals surface area contributed by atoms with Gasteiger partial charge in [0.25, 0.3) is 5.91 Å². The van der Waals surface area contributed by atoms with Gasteiger partial charge < -0.3 is 14.2 Å².